The van der Waals surface area contributed by atoms with Crippen LogP contribution in [0.25, 0.3) is 5.52 Å². The van der Waals surface area contributed by atoms with Crippen molar-refractivity contribution in [1.29, 1.82) is 0 Å². The minimum absolute atomic E-state index is 0.0266. The number of anilines is 1. The summed E-state index contributed by atoms with van der Waals surface area (Å²) in [4.78, 5) is 17.9. The fraction of sp³-hybridized carbons (Fsp3) is 0.725. The first-order chi connectivity index (χ1) is 27.7. The van der Waals surface area contributed by atoms with Gasteiger partial charge in [0.25, 0.3) is 0 Å². The Kier molecular flexibility index (Phi) is 19.8. The molecule has 328 valence electrons. The largest absolute Gasteiger partial charge is 0.472 e. The number of nitrogens with two attached hydrogens (primary N) is 1. The molecule has 0 aliphatic carbocycles. The first-order valence-electron chi connectivity index (χ1n) is 20.7. The summed E-state index contributed by atoms with van der Waals surface area (Å²) in [5.41, 5.74) is 4.55. The average molecular weight is 846 g/mol. The van der Waals surface area contributed by atoms with Gasteiger partial charge in [-0.25, -0.2) is 14.1 Å². The van der Waals surface area contributed by atoms with Gasteiger partial charge in [-0.15, -0.1) is 0 Å². The number of phosphoric ester groups is 1. The molecule has 14 nitrogen and oxygen atoms in total. The molecule has 1 fully saturated rings. The standard InChI is InChI=1S/C40H63F3N5O9P/c1-3-4-5-6-7-8-9-10-11-12-13-14-15-16-17-18-23-53-26-31(54-25-30-19-21-34(45-24-30)40(41,42)43)27-55-58(51,52)56-28-33-36(49)37(50)39(2,57-33)35-22-20-32-38(44)46-29-47-48(32)35/h19-22,24,29,31,33,36-37,49-50H,3-18,23,25-28H2,1-2H3,(H,51,52)(H2,44,46,47)/t31-,33-,36-,37-,39+/m1/s1. The van der Waals surface area contributed by atoms with Crippen LogP contribution >= 0.6 is 7.82 Å². The van der Waals surface area contributed by atoms with E-state index < -0.39 is 62.9 Å². The second-order valence-corrected chi connectivity index (χ2v) is 16.7. The monoisotopic (exact) mass is 845 g/mol. The van der Waals surface area contributed by atoms with Crippen molar-refractivity contribution in [2.45, 2.75) is 159 Å². The molecule has 0 amide bonds. The lowest BCUT2D eigenvalue weighted by Crippen LogP contribution is -2.39. The molecule has 0 saturated carbocycles. The van der Waals surface area contributed by atoms with Crippen LogP contribution in [0.4, 0.5) is 19.0 Å². The summed E-state index contributed by atoms with van der Waals surface area (Å²) < 4.78 is 81.4. The SMILES string of the molecule is CCCCCCCCCCCCCCCCCCOC[C@H](COP(=O)(O)OC[C@H]1O[C@@](C)(c2ccc3c(N)ncnn23)[C@H](O)[C@@H]1O)OCc1ccc(C(F)(F)F)nc1. The number of fused-ring (bicyclic) bond motifs is 1. The van der Waals surface area contributed by atoms with Gasteiger partial charge < -0.3 is 35.1 Å². The lowest BCUT2D eigenvalue weighted by atomic mass is 9.93. The number of ether oxygens (including phenoxy) is 3. The van der Waals surface area contributed by atoms with Gasteiger partial charge in [0.1, 0.15) is 47.6 Å². The van der Waals surface area contributed by atoms with Gasteiger partial charge in [-0.2, -0.15) is 18.3 Å². The van der Waals surface area contributed by atoms with E-state index in [2.05, 4.69) is 22.0 Å². The first-order valence-corrected chi connectivity index (χ1v) is 22.2. The molecule has 0 aromatic carbocycles. The molecular formula is C40H63F3N5O9P. The number of aliphatic hydroxyl groups excluding tert-OH is 2. The molecule has 1 unspecified atom stereocenters. The molecule has 1 aliphatic rings. The van der Waals surface area contributed by atoms with Gasteiger partial charge in [0.15, 0.2) is 5.82 Å². The lowest BCUT2D eigenvalue weighted by Gasteiger charge is -2.27. The molecule has 6 atom stereocenters. The maximum Gasteiger partial charge on any atom is 0.472 e. The Bertz CT molecular complexity index is 1670. The van der Waals surface area contributed by atoms with Crippen LogP contribution in [0.5, 0.6) is 0 Å². The maximum absolute atomic E-state index is 13.0. The number of hydrogen-bond donors (Lipinski definition) is 4. The number of rotatable bonds is 29. The highest BCUT2D eigenvalue weighted by Crippen LogP contribution is 2.46. The first kappa shape index (κ1) is 47.9. The summed E-state index contributed by atoms with van der Waals surface area (Å²) in [7, 11) is -4.78. The molecule has 1 aliphatic heterocycles. The summed E-state index contributed by atoms with van der Waals surface area (Å²) in [5.74, 6) is 0.195. The quantitative estimate of drug-likeness (QED) is 0.0388. The van der Waals surface area contributed by atoms with Crippen LogP contribution in [0.1, 0.15) is 134 Å². The molecule has 58 heavy (non-hydrogen) atoms. The lowest BCUT2D eigenvalue weighted by molar-refractivity contribution is -0.141. The van der Waals surface area contributed by atoms with Gasteiger partial charge in [0, 0.05) is 12.8 Å². The number of phosphoric acid groups is 1. The number of nitrogens with zero attached hydrogens (tertiary/aromatic N) is 4. The van der Waals surface area contributed by atoms with E-state index in [0.717, 1.165) is 31.5 Å². The predicted molar refractivity (Wildman–Crippen MR) is 212 cm³/mol. The van der Waals surface area contributed by atoms with Crippen LogP contribution in [-0.2, 0) is 46.2 Å². The smallest absolute Gasteiger partial charge is 0.387 e. The van der Waals surface area contributed by atoms with E-state index in [0.29, 0.717) is 23.4 Å². The van der Waals surface area contributed by atoms with Crippen molar-refractivity contribution in [2.24, 2.45) is 0 Å². The van der Waals surface area contributed by atoms with E-state index in [1.807, 2.05) is 0 Å². The number of aromatic nitrogens is 4. The Morgan fingerprint density at radius 3 is 2.10 bits per heavy atom. The van der Waals surface area contributed by atoms with Crippen LogP contribution in [0.15, 0.2) is 36.8 Å². The third-order valence-electron chi connectivity index (χ3n) is 10.5. The summed E-state index contributed by atoms with van der Waals surface area (Å²) >= 11 is 0. The van der Waals surface area contributed by atoms with Crippen molar-refractivity contribution in [3.8, 4) is 0 Å². The Balaban J connectivity index is 1.18. The number of alkyl halides is 3. The van der Waals surface area contributed by atoms with E-state index >= 15 is 0 Å². The number of nitrogen functional groups attached to an aromatic ring is 1. The van der Waals surface area contributed by atoms with Crippen LogP contribution in [-0.4, -0.2) is 85.5 Å². The number of halogens is 3. The zero-order valence-corrected chi connectivity index (χ0v) is 34.8. The molecule has 3 aromatic rings. The number of aliphatic hydroxyl groups is 2. The maximum atomic E-state index is 13.0. The van der Waals surface area contributed by atoms with E-state index in [4.69, 9.17) is 29.0 Å². The summed E-state index contributed by atoms with van der Waals surface area (Å²) in [6.45, 7) is 2.91. The molecule has 18 heteroatoms. The van der Waals surface area contributed by atoms with Crippen molar-refractivity contribution in [1.82, 2.24) is 19.6 Å². The minimum atomic E-state index is -4.78. The second-order valence-electron chi connectivity index (χ2n) is 15.3. The zero-order valence-electron chi connectivity index (χ0n) is 33.9. The molecule has 0 radical (unpaired) electrons. The summed E-state index contributed by atoms with van der Waals surface area (Å²) in [6, 6.07) is 5.33. The van der Waals surface area contributed by atoms with Crippen molar-refractivity contribution >= 4 is 19.2 Å². The molecule has 0 bridgehead atoms. The summed E-state index contributed by atoms with van der Waals surface area (Å²) in [6.07, 6.45) is 12.5. The highest BCUT2D eigenvalue weighted by Gasteiger charge is 2.54. The zero-order chi connectivity index (χ0) is 42.0. The molecule has 3 aromatic heterocycles. The Morgan fingerprint density at radius 1 is 0.897 bits per heavy atom. The Hall–Kier alpha value is -2.73. The molecule has 5 N–H and O–H groups in total. The van der Waals surface area contributed by atoms with Crippen molar-refractivity contribution in [3.63, 3.8) is 0 Å². The molecule has 4 rings (SSSR count). The summed E-state index contributed by atoms with van der Waals surface area (Å²) in [5, 5.41) is 26.0. The number of unbranched alkanes of at least 4 members (excludes halogenated alkanes) is 15. The van der Waals surface area contributed by atoms with E-state index in [1.54, 1.807) is 12.1 Å². The van der Waals surface area contributed by atoms with Crippen LogP contribution < -0.4 is 5.73 Å². The molecule has 0 spiro atoms. The van der Waals surface area contributed by atoms with E-state index in [9.17, 15) is 32.8 Å². The topological polar surface area (TPSA) is 193 Å². The Labute approximate surface area is 339 Å². The fourth-order valence-electron chi connectivity index (χ4n) is 7.04. The average Bonchev–Trinajstić information content (AvgIpc) is 3.73. The molecule has 1 saturated heterocycles. The number of pyridine rings is 1. The van der Waals surface area contributed by atoms with Gasteiger partial charge >= 0.3 is 14.0 Å². The van der Waals surface area contributed by atoms with Crippen molar-refractivity contribution in [3.05, 3.63) is 53.7 Å². The molecular weight excluding hydrogens is 782 g/mol. The fourth-order valence-corrected chi connectivity index (χ4v) is 7.81. The normalized spacial score (nSPS) is 21.5. The van der Waals surface area contributed by atoms with Gasteiger partial charge in [0.05, 0.1) is 32.1 Å². The van der Waals surface area contributed by atoms with Gasteiger partial charge in [-0.05, 0) is 37.1 Å². The minimum Gasteiger partial charge on any atom is -0.387 e. The molecule has 4 heterocycles. The van der Waals surface area contributed by atoms with Crippen LogP contribution in [0.2, 0.25) is 0 Å². The highest BCUT2D eigenvalue weighted by atomic mass is 31.2. The number of hydrogen-bond acceptors (Lipinski definition) is 12. The van der Waals surface area contributed by atoms with Crippen molar-refractivity contribution < 1.29 is 56.1 Å². The van der Waals surface area contributed by atoms with Crippen LogP contribution in [0.3, 0.4) is 0 Å². The van der Waals surface area contributed by atoms with Gasteiger partial charge in [-0.3, -0.25) is 14.0 Å². The predicted octanol–water partition coefficient (Wildman–Crippen LogP) is 8.06. The third kappa shape index (κ3) is 15.1. The second kappa shape index (κ2) is 23.9. The Morgan fingerprint density at radius 2 is 1.52 bits per heavy atom. The van der Waals surface area contributed by atoms with E-state index in [1.165, 1.54) is 107 Å². The van der Waals surface area contributed by atoms with Gasteiger partial charge in [0.2, 0.25) is 0 Å². The van der Waals surface area contributed by atoms with Crippen molar-refractivity contribution in [2.75, 3.05) is 32.2 Å². The highest BCUT2D eigenvalue weighted by molar-refractivity contribution is 7.47. The van der Waals surface area contributed by atoms with Gasteiger partial charge in [-0.1, -0.05) is 109 Å². The third-order valence-corrected chi connectivity index (χ3v) is 11.5. The van der Waals surface area contributed by atoms with Crippen LogP contribution in [0, 0.1) is 0 Å². The van der Waals surface area contributed by atoms with E-state index in [-0.39, 0.29) is 19.0 Å².